The van der Waals surface area contributed by atoms with Crippen LogP contribution >= 0.6 is 11.3 Å². The monoisotopic (exact) mass is 486 g/mol. The van der Waals surface area contributed by atoms with Gasteiger partial charge in [0.1, 0.15) is 16.5 Å². The highest BCUT2D eigenvalue weighted by Crippen LogP contribution is 2.42. The molecule has 0 amide bonds. The zero-order valence-electron chi connectivity index (χ0n) is 19.5. The van der Waals surface area contributed by atoms with Gasteiger partial charge < -0.3 is 14.4 Å². The van der Waals surface area contributed by atoms with Crippen LogP contribution in [0, 0.1) is 5.82 Å². The summed E-state index contributed by atoms with van der Waals surface area (Å²) in [6, 6.07) is 16.4. The predicted molar refractivity (Wildman–Crippen MR) is 138 cm³/mol. The van der Waals surface area contributed by atoms with E-state index in [4.69, 9.17) is 19.4 Å². The van der Waals surface area contributed by atoms with Crippen molar-refractivity contribution in [3.63, 3.8) is 0 Å². The van der Waals surface area contributed by atoms with E-state index in [1.807, 2.05) is 48.3 Å². The first kappa shape index (κ1) is 22.7. The van der Waals surface area contributed by atoms with Gasteiger partial charge in [-0.25, -0.2) is 14.4 Å². The van der Waals surface area contributed by atoms with Crippen molar-refractivity contribution in [2.75, 3.05) is 26.2 Å². The fourth-order valence-electron chi connectivity index (χ4n) is 4.00. The summed E-state index contributed by atoms with van der Waals surface area (Å²) in [6.45, 7) is 0.354. The second-order valence-corrected chi connectivity index (χ2v) is 8.82. The third kappa shape index (κ3) is 4.40. The van der Waals surface area contributed by atoms with Gasteiger partial charge in [-0.2, -0.15) is 0 Å². The topological polar surface area (TPSA) is 60.4 Å². The molecular formula is C27H23FN4O2S. The van der Waals surface area contributed by atoms with Crippen molar-refractivity contribution in [1.29, 1.82) is 0 Å². The summed E-state index contributed by atoms with van der Waals surface area (Å²) < 4.78 is 25.4. The molecule has 35 heavy (non-hydrogen) atoms. The number of hydrogen-bond acceptors (Lipinski definition) is 7. The van der Waals surface area contributed by atoms with Crippen LogP contribution in [0.15, 0.2) is 72.4 Å². The molecule has 176 valence electrons. The molecule has 8 heteroatoms. The van der Waals surface area contributed by atoms with Crippen molar-refractivity contribution >= 4 is 27.4 Å². The molecule has 0 aliphatic rings. The van der Waals surface area contributed by atoms with Gasteiger partial charge in [0.25, 0.3) is 0 Å². The maximum absolute atomic E-state index is 14.5. The van der Waals surface area contributed by atoms with Crippen LogP contribution < -0.4 is 14.4 Å². The fourth-order valence-corrected chi connectivity index (χ4v) is 4.94. The minimum atomic E-state index is -0.248. The van der Waals surface area contributed by atoms with Gasteiger partial charge in [0.2, 0.25) is 0 Å². The van der Waals surface area contributed by atoms with E-state index in [0.717, 1.165) is 26.9 Å². The van der Waals surface area contributed by atoms with Gasteiger partial charge in [0, 0.05) is 48.1 Å². The first-order valence-electron chi connectivity index (χ1n) is 11.0. The van der Waals surface area contributed by atoms with E-state index < -0.39 is 0 Å². The van der Waals surface area contributed by atoms with Gasteiger partial charge in [-0.05, 0) is 35.9 Å². The summed E-state index contributed by atoms with van der Waals surface area (Å²) >= 11 is 1.54. The van der Waals surface area contributed by atoms with Gasteiger partial charge in [-0.1, -0.05) is 24.3 Å². The van der Waals surface area contributed by atoms with Gasteiger partial charge in [-0.3, -0.25) is 4.98 Å². The van der Waals surface area contributed by atoms with Crippen LogP contribution in [0.25, 0.3) is 32.7 Å². The summed E-state index contributed by atoms with van der Waals surface area (Å²) in [6.07, 6.45) is 3.46. The molecule has 0 N–H and O–H groups in total. The number of hydrogen-bond donors (Lipinski definition) is 0. The molecule has 0 fully saturated rings. The molecule has 0 radical (unpaired) electrons. The van der Waals surface area contributed by atoms with Gasteiger partial charge in [0.15, 0.2) is 17.3 Å². The Morgan fingerprint density at radius 3 is 2.51 bits per heavy atom. The standard InChI is InChI=1S/C27H23FN4O2S/c1-32(15-19-7-4-5-9-21(19)28)26-24-20(17-10-11-22(33-2)23(13-17)34-3)16-35-27(24)31-25(30-26)18-8-6-12-29-14-18/h4-14,16H,15H2,1-3H3. The lowest BCUT2D eigenvalue weighted by molar-refractivity contribution is 0.355. The lowest BCUT2D eigenvalue weighted by Crippen LogP contribution is -2.19. The number of benzene rings is 2. The fraction of sp³-hybridized carbons (Fsp3) is 0.148. The molecule has 6 nitrogen and oxygen atoms in total. The van der Waals surface area contributed by atoms with E-state index in [-0.39, 0.29) is 5.82 Å². The smallest absolute Gasteiger partial charge is 0.164 e. The molecule has 0 spiro atoms. The molecule has 5 aromatic rings. The van der Waals surface area contributed by atoms with Crippen LogP contribution in [0.4, 0.5) is 10.2 Å². The Morgan fingerprint density at radius 2 is 1.77 bits per heavy atom. The molecule has 0 saturated heterocycles. The largest absolute Gasteiger partial charge is 0.493 e. The summed E-state index contributed by atoms with van der Waals surface area (Å²) in [7, 11) is 5.14. The molecular weight excluding hydrogens is 463 g/mol. The van der Waals surface area contributed by atoms with Crippen LogP contribution in [-0.2, 0) is 6.54 Å². The normalized spacial score (nSPS) is 11.0. The van der Waals surface area contributed by atoms with Crippen molar-refractivity contribution in [2.45, 2.75) is 6.54 Å². The van der Waals surface area contributed by atoms with E-state index in [1.165, 1.54) is 17.4 Å². The third-order valence-electron chi connectivity index (χ3n) is 5.76. The molecule has 0 bridgehead atoms. The third-order valence-corrected chi connectivity index (χ3v) is 6.63. The van der Waals surface area contributed by atoms with E-state index >= 15 is 0 Å². The van der Waals surface area contributed by atoms with Gasteiger partial charge in [-0.15, -0.1) is 11.3 Å². The van der Waals surface area contributed by atoms with Crippen molar-refractivity contribution < 1.29 is 13.9 Å². The first-order valence-corrected chi connectivity index (χ1v) is 11.8. The lowest BCUT2D eigenvalue weighted by Gasteiger charge is -2.21. The van der Waals surface area contributed by atoms with Crippen molar-refractivity contribution in [3.05, 3.63) is 83.8 Å². The highest BCUT2D eigenvalue weighted by atomic mass is 32.1. The quantitative estimate of drug-likeness (QED) is 0.272. The molecule has 0 aliphatic heterocycles. The van der Waals surface area contributed by atoms with Gasteiger partial charge >= 0.3 is 0 Å². The zero-order valence-corrected chi connectivity index (χ0v) is 20.3. The average molecular weight is 487 g/mol. The summed E-state index contributed by atoms with van der Waals surface area (Å²) in [5.74, 6) is 2.33. The van der Waals surface area contributed by atoms with Crippen LogP contribution in [0.3, 0.4) is 0 Å². The van der Waals surface area contributed by atoms with Gasteiger partial charge in [0.05, 0.1) is 19.6 Å². The number of thiophene rings is 1. The number of methoxy groups -OCH3 is 2. The highest BCUT2D eigenvalue weighted by molar-refractivity contribution is 7.17. The minimum Gasteiger partial charge on any atom is -0.493 e. The minimum absolute atomic E-state index is 0.248. The molecule has 0 aliphatic carbocycles. The lowest BCUT2D eigenvalue weighted by atomic mass is 10.0. The Kier molecular flexibility index (Phi) is 6.29. The van der Waals surface area contributed by atoms with E-state index in [9.17, 15) is 4.39 Å². The number of fused-ring (bicyclic) bond motifs is 1. The van der Waals surface area contributed by atoms with Crippen molar-refractivity contribution in [3.8, 4) is 34.0 Å². The predicted octanol–water partition coefficient (Wildman–Crippen LogP) is 6.21. The number of anilines is 1. The van der Waals surface area contributed by atoms with E-state index in [1.54, 1.807) is 38.7 Å². The SMILES string of the molecule is COc1ccc(-c2csc3nc(-c4cccnc4)nc(N(C)Cc4ccccc4F)c23)cc1OC. The molecule has 2 aromatic carbocycles. The van der Waals surface area contributed by atoms with Crippen molar-refractivity contribution in [1.82, 2.24) is 15.0 Å². The van der Waals surface area contributed by atoms with Crippen LogP contribution in [0.1, 0.15) is 5.56 Å². The number of aromatic nitrogens is 3. The Labute approximate surface area is 206 Å². The number of rotatable bonds is 7. The van der Waals surface area contributed by atoms with E-state index in [0.29, 0.717) is 35.2 Å². The highest BCUT2D eigenvalue weighted by Gasteiger charge is 2.20. The number of halogens is 1. The summed E-state index contributed by atoms with van der Waals surface area (Å²) in [5.41, 5.74) is 3.33. The summed E-state index contributed by atoms with van der Waals surface area (Å²) in [5, 5.41) is 2.96. The molecule has 0 unspecified atom stereocenters. The Bertz CT molecular complexity index is 1490. The van der Waals surface area contributed by atoms with Crippen molar-refractivity contribution in [2.24, 2.45) is 0 Å². The second-order valence-electron chi connectivity index (χ2n) is 7.96. The molecule has 0 atom stereocenters. The summed E-state index contributed by atoms with van der Waals surface area (Å²) in [4.78, 5) is 16.8. The van der Waals surface area contributed by atoms with Crippen LogP contribution in [0.2, 0.25) is 0 Å². The Balaban J connectivity index is 1.69. The van der Waals surface area contributed by atoms with E-state index in [2.05, 4.69) is 10.4 Å². The molecule has 0 saturated carbocycles. The van der Waals surface area contributed by atoms with Crippen LogP contribution in [0.5, 0.6) is 11.5 Å². The molecule has 3 aromatic heterocycles. The number of ether oxygens (including phenoxy) is 2. The number of pyridine rings is 1. The first-order chi connectivity index (χ1) is 17.1. The zero-order chi connectivity index (χ0) is 24.4. The van der Waals surface area contributed by atoms with Crippen LogP contribution in [-0.4, -0.2) is 36.2 Å². The average Bonchev–Trinajstić information content (AvgIpc) is 3.33. The number of nitrogens with zero attached hydrogens (tertiary/aromatic N) is 4. The second kappa shape index (κ2) is 9.68. The molecule has 5 rings (SSSR count). The maximum Gasteiger partial charge on any atom is 0.164 e. The Hall–Kier alpha value is -4.04. The Morgan fingerprint density at radius 1 is 0.943 bits per heavy atom. The maximum atomic E-state index is 14.5. The molecule has 3 heterocycles.